The lowest BCUT2D eigenvalue weighted by Gasteiger charge is -2.12. The summed E-state index contributed by atoms with van der Waals surface area (Å²) in [5.41, 5.74) is 0. The molecule has 5 heteroatoms. The Morgan fingerprint density at radius 3 is 2.75 bits per heavy atom. The smallest absolute Gasteiger partial charge is 0.266 e. The van der Waals surface area contributed by atoms with Crippen LogP contribution in [0.5, 0.6) is 0 Å². The van der Waals surface area contributed by atoms with Gasteiger partial charge in [-0.2, -0.15) is 4.98 Å². The molecular weight excluding hydrogens is 206 g/mol. The van der Waals surface area contributed by atoms with Crippen LogP contribution in [0.1, 0.15) is 44.9 Å². The molecule has 1 N–H and O–H groups in total. The van der Waals surface area contributed by atoms with Crippen molar-refractivity contribution < 1.29 is 9.63 Å². The zero-order chi connectivity index (χ0) is 11.5. The number of nitrogens with zero attached hydrogens (tertiary/aromatic N) is 3. The number of rotatable bonds is 4. The Kier molecular flexibility index (Phi) is 3.43. The summed E-state index contributed by atoms with van der Waals surface area (Å²) in [5.74, 6) is 1.12. The number of hydrogen-bond acceptors (Lipinski definition) is 5. The fourth-order valence-electron chi connectivity index (χ4n) is 1.98. The van der Waals surface area contributed by atoms with Crippen molar-refractivity contribution in [2.75, 3.05) is 18.0 Å². The van der Waals surface area contributed by atoms with E-state index < -0.39 is 6.10 Å². The molecule has 1 saturated heterocycles. The Labute approximate surface area is 95.4 Å². The van der Waals surface area contributed by atoms with Gasteiger partial charge in [-0.15, -0.1) is 0 Å². The van der Waals surface area contributed by atoms with E-state index >= 15 is 0 Å². The van der Waals surface area contributed by atoms with Crippen molar-refractivity contribution in [2.24, 2.45) is 0 Å². The zero-order valence-electron chi connectivity index (χ0n) is 9.89. The lowest BCUT2D eigenvalue weighted by atomic mass is 10.0. The third kappa shape index (κ3) is 2.19. The van der Waals surface area contributed by atoms with Gasteiger partial charge in [-0.25, -0.2) is 0 Å². The first kappa shape index (κ1) is 11.4. The number of aromatic nitrogens is 2. The molecule has 2 heterocycles. The monoisotopic (exact) mass is 225 g/mol. The quantitative estimate of drug-likeness (QED) is 0.842. The molecule has 0 spiro atoms. The number of hydrogen-bond donors (Lipinski definition) is 1. The van der Waals surface area contributed by atoms with Gasteiger partial charge in [-0.3, -0.25) is 0 Å². The molecule has 1 aromatic heterocycles. The van der Waals surface area contributed by atoms with Crippen LogP contribution in [0.3, 0.4) is 0 Å². The van der Waals surface area contributed by atoms with Crippen molar-refractivity contribution in [3.63, 3.8) is 0 Å². The lowest BCUT2D eigenvalue weighted by molar-refractivity contribution is 0.129. The number of aliphatic hydroxyl groups is 1. The van der Waals surface area contributed by atoms with E-state index in [1.807, 2.05) is 13.8 Å². The Bertz CT molecular complexity index is 334. The van der Waals surface area contributed by atoms with Gasteiger partial charge < -0.3 is 14.5 Å². The fourth-order valence-corrected chi connectivity index (χ4v) is 1.98. The number of aliphatic hydroxyl groups excluding tert-OH is 1. The molecule has 5 nitrogen and oxygen atoms in total. The highest BCUT2D eigenvalue weighted by atomic mass is 16.5. The second kappa shape index (κ2) is 4.82. The maximum absolute atomic E-state index is 9.71. The molecule has 1 aliphatic rings. The minimum atomic E-state index is -0.410. The van der Waals surface area contributed by atoms with Gasteiger partial charge in [-0.1, -0.05) is 13.8 Å². The van der Waals surface area contributed by atoms with Crippen LogP contribution in [0.15, 0.2) is 4.52 Å². The minimum Gasteiger partial charge on any atom is -0.392 e. The van der Waals surface area contributed by atoms with Gasteiger partial charge >= 0.3 is 0 Å². The van der Waals surface area contributed by atoms with Gasteiger partial charge in [-0.05, 0) is 24.4 Å². The van der Waals surface area contributed by atoms with Crippen molar-refractivity contribution in [1.82, 2.24) is 10.1 Å². The first-order chi connectivity index (χ1) is 7.72. The molecule has 1 aromatic rings. The van der Waals surface area contributed by atoms with E-state index in [1.165, 1.54) is 12.8 Å². The zero-order valence-corrected chi connectivity index (χ0v) is 9.89. The summed E-state index contributed by atoms with van der Waals surface area (Å²) in [5, 5.41) is 13.7. The molecule has 0 bridgehead atoms. The molecule has 2 atom stereocenters. The molecule has 0 radical (unpaired) electrons. The van der Waals surface area contributed by atoms with E-state index in [9.17, 15) is 5.11 Å². The normalized spacial score (nSPS) is 20.1. The maximum Gasteiger partial charge on any atom is 0.266 e. The second-order valence-electron chi connectivity index (χ2n) is 4.39. The average Bonchev–Trinajstić information content (AvgIpc) is 2.96. The molecule has 90 valence electrons. The van der Waals surface area contributed by atoms with Gasteiger partial charge in [0.1, 0.15) is 0 Å². The van der Waals surface area contributed by atoms with Crippen molar-refractivity contribution in [2.45, 2.75) is 45.1 Å². The van der Waals surface area contributed by atoms with Gasteiger partial charge in [0.15, 0.2) is 0 Å². The predicted molar refractivity (Wildman–Crippen MR) is 60.5 cm³/mol. The summed E-state index contributed by atoms with van der Waals surface area (Å²) >= 11 is 0. The van der Waals surface area contributed by atoms with Crippen molar-refractivity contribution in [3.8, 4) is 0 Å². The molecule has 16 heavy (non-hydrogen) atoms. The highest BCUT2D eigenvalue weighted by Crippen LogP contribution is 2.23. The third-order valence-corrected chi connectivity index (χ3v) is 3.20. The third-order valence-electron chi connectivity index (χ3n) is 3.20. The minimum absolute atomic E-state index is 0.0890. The summed E-state index contributed by atoms with van der Waals surface area (Å²) in [4.78, 5) is 6.47. The average molecular weight is 225 g/mol. The van der Waals surface area contributed by atoms with Crippen LogP contribution in [0.25, 0.3) is 0 Å². The van der Waals surface area contributed by atoms with Crippen LogP contribution < -0.4 is 4.90 Å². The molecule has 1 aliphatic heterocycles. The lowest BCUT2D eigenvalue weighted by Crippen LogP contribution is -2.19. The van der Waals surface area contributed by atoms with E-state index in [4.69, 9.17) is 4.52 Å². The summed E-state index contributed by atoms with van der Waals surface area (Å²) in [6, 6.07) is 0. The van der Waals surface area contributed by atoms with Crippen molar-refractivity contribution >= 4 is 5.95 Å². The van der Waals surface area contributed by atoms with Gasteiger partial charge in [0.05, 0.1) is 12.0 Å². The van der Waals surface area contributed by atoms with E-state index in [-0.39, 0.29) is 5.92 Å². The first-order valence-electron chi connectivity index (χ1n) is 5.99. The standard InChI is InChI=1S/C11H19N3O2/c1-3-9(15)8(2)10-12-11(13-16-10)14-6-4-5-7-14/h8-9,15H,3-7H2,1-2H3. The first-order valence-corrected chi connectivity index (χ1v) is 5.99. The van der Waals surface area contributed by atoms with E-state index in [0.717, 1.165) is 13.1 Å². The summed E-state index contributed by atoms with van der Waals surface area (Å²) in [6.45, 7) is 5.86. The van der Waals surface area contributed by atoms with Gasteiger partial charge in [0.25, 0.3) is 5.95 Å². The van der Waals surface area contributed by atoms with Crippen molar-refractivity contribution in [3.05, 3.63) is 5.89 Å². The Morgan fingerprint density at radius 2 is 2.12 bits per heavy atom. The molecule has 1 fully saturated rings. The van der Waals surface area contributed by atoms with E-state index in [2.05, 4.69) is 15.0 Å². The van der Waals surface area contributed by atoms with Crippen LogP contribution in [0.2, 0.25) is 0 Å². The van der Waals surface area contributed by atoms with Gasteiger partial charge in [0, 0.05) is 13.1 Å². The van der Waals surface area contributed by atoms with Gasteiger partial charge in [0.2, 0.25) is 5.89 Å². The molecule has 0 amide bonds. The maximum atomic E-state index is 9.71. The Morgan fingerprint density at radius 1 is 1.44 bits per heavy atom. The Hall–Kier alpha value is -1.10. The summed E-state index contributed by atoms with van der Waals surface area (Å²) in [6.07, 6.45) is 2.67. The van der Waals surface area contributed by atoms with E-state index in [0.29, 0.717) is 18.3 Å². The highest BCUT2D eigenvalue weighted by molar-refractivity contribution is 5.29. The second-order valence-corrected chi connectivity index (χ2v) is 4.39. The van der Waals surface area contributed by atoms with Crippen LogP contribution in [-0.2, 0) is 0 Å². The predicted octanol–water partition coefficient (Wildman–Crippen LogP) is 1.54. The largest absolute Gasteiger partial charge is 0.392 e. The molecular formula is C11H19N3O2. The number of anilines is 1. The molecule has 0 saturated carbocycles. The fraction of sp³-hybridized carbons (Fsp3) is 0.818. The van der Waals surface area contributed by atoms with Crippen LogP contribution >= 0.6 is 0 Å². The van der Waals surface area contributed by atoms with Crippen LogP contribution in [-0.4, -0.2) is 34.4 Å². The topological polar surface area (TPSA) is 62.4 Å². The van der Waals surface area contributed by atoms with E-state index in [1.54, 1.807) is 0 Å². The molecule has 2 rings (SSSR count). The van der Waals surface area contributed by atoms with Crippen molar-refractivity contribution in [1.29, 1.82) is 0 Å². The molecule has 2 unspecified atom stereocenters. The SMILES string of the molecule is CCC(O)C(C)c1nc(N2CCCC2)no1. The Balaban J connectivity index is 2.06. The molecule has 0 aromatic carbocycles. The summed E-state index contributed by atoms with van der Waals surface area (Å²) in [7, 11) is 0. The molecule has 0 aliphatic carbocycles. The summed E-state index contributed by atoms with van der Waals surface area (Å²) < 4.78 is 5.20. The highest BCUT2D eigenvalue weighted by Gasteiger charge is 2.23. The van der Waals surface area contributed by atoms with Crippen LogP contribution in [0, 0.1) is 0 Å². The van der Waals surface area contributed by atoms with Crippen LogP contribution in [0.4, 0.5) is 5.95 Å².